The summed E-state index contributed by atoms with van der Waals surface area (Å²) in [7, 11) is 1.94. The Balaban J connectivity index is 1.95. The van der Waals surface area contributed by atoms with Crippen LogP contribution in [-0.4, -0.2) is 16.3 Å². The fourth-order valence-electron chi connectivity index (χ4n) is 2.60. The van der Waals surface area contributed by atoms with Crippen molar-refractivity contribution in [3.05, 3.63) is 42.0 Å². The summed E-state index contributed by atoms with van der Waals surface area (Å²) in [6, 6.07) is 13.5. The van der Waals surface area contributed by atoms with E-state index in [-0.39, 0.29) is 6.79 Å². The number of hydrogen-bond donors (Lipinski definition) is 0. The first-order chi connectivity index (χ1) is 10.3. The van der Waals surface area contributed by atoms with E-state index >= 15 is 0 Å². The molecule has 0 radical (unpaired) electrons. The van der Waals surface area contributed by atoms with E-state index in [0.29, 0.717) is 5.56 Å². The Labute approximate surface area is 121 Å². The lowest BCUT2D eigenvalue weighted by atomic mass is 10.2. The van der Waals surface area contributed by atoms with Crippen molar-refractivity contribution in [3.8, 4) is 29.0 Å². The highest BCUT2D eigenvalue weighted by Crippen LogP contribution is 2.36. The van der Waals surface area contributed by atoms with Gasteiger partial charge in [-0.25, -0.2) is 4.98 Å². The number of benzene rings is 2. The Morgan fingerprint density at radius 3 is 2.90 bits per heavy atom. The van der Waals surface area contributed by atoms with E-state index < -0.39 is 0 Å². The Morgan fingerprint density at radius 1 is 1.19 bits per heavy atom. The second-order valence-electron chi connectivity index (χ2n) is 4.85. The molecule has 0 unspecified atom stereocenters. The molecule has 5 heteroatoms. The lowest BCUT2D eigenvalue weighted by molar-refractivity contribution is 0.174. The zero-order valence-electron chi connectivity index (χ0n) is 11.3. The van der Waals surface area contributed by atoms with E-state index in [4.69, 9.17) is 9.47 Å². The maximum absolute atomic E-state index is 9.20. The number of imidazole rings is 1. The van der Waals surface area contributed by atoms with Crippen LogP contribution in [0.5, 0.6) is 11.5 Å². The fraction of sp³-hybridized carbons (Fsp3) is 0.125. The second-order valence-corrected chi connectivity index (χ2v) is 4.85. The van der Waals surface area contributed by atoms with Crippen LogP contribution in [0.3, 0.4) is 0 Å². The van der Waals surface area contributed by atoms with Gasteiger partial charge in [0.15, 0.2) is 11.5 Å². The van der Waals surface area contributed by atoms with Crippen LogP contribution in [0.2, 0.25) is 0 Å². The van der Waals surface area contributed by atoms with E-state index in [1.54, 1.807) is 6.07 Å². The number of rotatable bonds is 1. The average Bonchev–Trinajstić information content (AvgIpc) is 3.11. The molecule has 0 N–H and O–H groups in total. The zero-order valence-corrected chi connectivity index (χ0v) is 11.3. The first-order valence-electron chi connectivity index (χ1n) is 6.53. The molecule has 0 fully saturated rings. The Kier molecular flexibility index (Phi) is 2.39. The number of hydrogen-bond acceptors (Lipinski definition) is 4. The SMILES string of the molecule is Cn1c(-c2ccc3c(c2)OCO3)nc2c(C#N)cccc21. The van der Waals surface area contributed by atoms with E-state index in [2.05, 4.69) is 11.1 Å². The summed E-state index contributed by atoms with van der Waals surface area (Å²) in [5.74, 6) is 2.27. The van der Waals surface area contributed by atoms with Crippen LogP contribution >= 0.6 is 0 Å². The van der Waals surface area contributed by atoms with Crippen LogP contribution in [0.4, 0.5) is 0 Å². The minimum Gasteiger partial charge on any atom is -0.454 e. The topological polar surface area (TPSA) is 60.1 Å². The van der Waals surface area contributed by atoms with Gasteiger partial charge >= 0.3 is 0 Å². The molecular weight excluding hydrogens is 266 g/mol. The lowest BCUT2D eigenvalue weighted by Gasteiger charge is -2.03. The molecule has 0 bridgehead atoms. The van der Waals surface area contributed by atoms with Crippen molar-refractivity contribution < 1.29 is 9.47 Å². The molecule has 5 nitrogen and oxygen atoms in total. The van der Waals surface area contributed by atoms with Crippen LogP contribution in [-0.2, 0) is 7.05 Å². The van der Waals surface area contributed by atoms with Crippen molar-refractivity contribution in [3.63, 3.8) is 0 Å². The van der Waals surface area contributed by atoms with Crippen LogP contribution < -0.4 is 9.47 Å². The Hall–Kier alpha value is -3.00. The molecular formula is C16H11N3O2. The fourth-order valence-corrected chi connectivity index (χ4v) is 2.60. The summed E-state index contributed by atoms with van der Waals surface area (Å²) in [6.45, 7) is 0.250. The van der Waals surface area contributed by atoms with Gasteiger partial charge in [0.25, 0.3) is 0 Å². The minimum atomic E-state index is 0.250. The molecule has 1 aliphatic rings. The van der Waals surface area contributed by atoms with Crippen molar-refractivity contribution in [2.45, 2.75) is 0 Å². The van der Waals surface area contributed by atoms with Crippen molar-refractivity contribution in [1.82, 2.24) is 9.55 Å². The standard InChI is InChI=1S/C16H11N3O2/c1-19-12-4-2-3-11(8-17)15(12)18-16(19)10-5-6-13-14(7-10)21-9-20-13/h2-7H,9H2,1H3. The van der Waals surface area contributed by atoms with Gasteiger partial charge in [0.1, 0.15) is 17.4 Å². The maximum Gasteiger partial charge on any atom is 0.231 e. The minimum absolute atomic E-state index is 0.250. The average molecular weight is 277 g/mol. The predicted octanol–water partition coefficient (Wildman–Crippen LogP) is 2.84. The molecule has 2 aromatic carbocycles. The molecule has 4 rings (SSSR count). The molecule has 102 valence electrons. The molecule has 0 aliphatic carbocycles. The quantitative estimate of drug-likeness (QED) is 0.686. The van der Waals surface area contributed by atoms with Crippen molar-refractivity contribution in [2.75, 3.05) is 6.79 Å². The van der Waals surface area contributed by atoms with E-state index in [0.717, 1.165) is 33.9 Å². The summed E-state index contributed by atoms with van der Waals surface area (Å²) in [5.41, 5.74) is 3.16. The zero-order chi connectivity index (χ0) is 14.4. The maximum atomic E-state index is 9.20. The van der Waals surface area contributed by atoms with E-state index in [9.17, 15) is 5.26 Å². The van der Waals surface area contributed by atoms with Crippen molar-refractivity contribution in [1.29, 1.82) is 5.26 Å². The number of ether oxygens (including phenoxy) is 2. The van der Waals surface area contributed by atoms with Gasteiger partial charge in [0.05, 0.1) is 11.1 Å². The summed E-state index contributed by atoms with van der Waals surface area (Å²) in [4.78, 5) is 4.62. The van der Waals surface area contributed by atoms with Gasteiger partial charge in [-0.3, -0.25) is 0 Å². The van der Waals surface area contributed by atoms with Crippen LogP contribution in [0.25, 0.3) is 22.4 Å². The normalized spacial score (nSPS) is 12.6. The van der Waals surface area contributed by atoms with Gasteiger partial charge < -0.3 is 14.0 Å². The van der Waals surface area contributed by atoms with Crippen molar-refractivity contribution in [2.24, 2.45) is 7.05 Å². The highest BCUT2D eigenvalue weighted by molar-refractivity contribution is 5.85. The highest BCUT2D eigenvalue weighted by Gasteiger charge is 2.17. The molecule has 1 aliphatic heterocycles. The first-order valence-corrected chi connectivity index (χ1v) is 6.53. The van der Waals surface area contributed by atoms with Gasteiger partial charge in [-0.15, -0.1) is 0 Å². The molecule has 0 saturated heterocycles. The number of nitrogens with zero attached hydrogens (tertiary/aromatic N) is 3. The molecule has 0 saturated carbocycles. The molecule has 0 atom stereocenters. The summed E-state index contributed by atoms with van der Waals surface area (Å²) in [5, 5.41) is 9.20. The van der Waals surface area contributed by atoms with Gasteiger partial charge in [0, 0.05) is 12.6 Å². The van der Waals surface area contributed by atoms with E-state index in [1.165, 1.54) is 0 Å². The summed E-state index contributed by atoms with van der Waals surface area (Å²) < 4.78 is 12.7. The lowest BCUT2D eigenvalue weighted by Crippen LogP contribution is -1.93. The van der Waals surface area contributed by atoms with Crippen LogP contribution in [0.1, 0.15) is 5.56 Å². The Morgan fingerprint density at radius 2 is 2.05 bits per heavy atom. The van der Waals surface area contributed by atoms with Gasteiger partial charge in [-0.1, -0.05) is 6.07 Å². The van der Waals surface area contributed by atoms with Crippen LogP contribution in [0, 0.1) is 11.3 Å². The number of fused-ring (bicyclic) bond motifs is 2. The molecule has 0 spiro atoms. The third kappa shape index (κ3) is 1.66. The summed E-state index contributed by atoms with van der Waals surface area (Å²) in [6.07, 6.45) is 0. The first kappa shape index (κ1) is 11.8. The number of nitriles is 1. The number of aryl methyl sites for hydroxylation is 1. The smallest absolute Gasteiger partial charge is 0.231 e. The molecule has 2 heterocycles. The predicted molar refractivity (Wildman–Crippen MR) is 77.0 cm³/mol. The number of para-hydroxylation sites is 1. The van der Waals surface area contributed by atoms with Crippen LogP contribution in [0.15, 0.2) is 36.4 Å². The van der Waals surface area contributed by atoms with Gasteiger partial charge in [-0.05, 0) is 30.3 Å². The molecule has 1 aromatic heterocycles. The highest BCUT2D eigenvalue weighted by atomic mass is 16.7. The Bertz CT molecular complexity index is 906. The summed E-state index contributed by atoms with van der Waals surface area (Å²) >= 11 is 0. The van der Waals surface area contributed by atoms with Crippen molar-refractivity contribution >= 4 is 11.0 Å². The monoisotopic (exact) mass is 277 g/mol. The second kappa shape index (κ2) is 4.25. The third-order valence-corrected chi connectivity index (χ3v) is 3.66. The molecule has 3 aromatic rings. The third-order valence-electron chi connectivity index (χ3n) is 3.66. The largest absolute Gasteiger partial charge is 0.454 e. The molecule has 0 amide bonds. The molecule has 21 heavy (non-hydrogen) atoms. The number of aromatic nitrogens is 2. The van der Waals surface area contributed by atoms with Gasteiger partial charge in [0.2, 0.25) is 6.79 Å². The van der Waals surface area contributed by atoms with Gasteiger partial charge in [-0.2, -0.15) is 5.26 Å². The van der Waals surface area contributed by atoms with E-state index in [1.807, 2.05) is 41.9 Å².